The van der Waals surface area contributed by atoms with Crippen LogP contribution in [0.4, 0.5) is 5.69 Å². The Labute approximate surface area is 186 Å². The summed E-state index contributed by atoms with van der Waals surface area (Å²) in [5, 5.41) is 15.4. The van der Waals surface area contributed by atoms with Gasteiger partial charge in [0.05, 0.1) is 23.3 Å². The van der Waals surface area contributed by atoms with Crippen molar-refractivity contribution in [3.8, 4) is 22.8 Å². The third-order valence-electron chi connectivity index (χ3n) is 3.92. The monoisotopic (exact) mass is 463 g/mol. The highest BCUT2D eigenvalue weighted by Gasteiger charge is 2.16. The number of rotatable bonds is 8. The lowest BCUT2D eigenvalue weighted by Gasteiger charge is -2.05. The van der Waals surface area contributed by atoms with E-state index < -0.39 is 17.4 Å². The van der Waals surface area contributed by atoms with Gasteiger partial charge in [-0.15, -0.1) is 0 Å². The van der Waals surface area contributed by atoms with Crippen molar-refractivity contribution in [3.05, 3.63) is 74.5 Å². The van der Waals surface area contributed by atoms with Gasteiger partial charge < -0.3 is 13.9 Å². The van der Waals surface area contributed by atoms with Gasteiger partial charge in [0.15, 0.2) is 12.4 Å². The van der Waals surface area contributed by atoms with Gasteiger partial charge in [-0.1, -0.05) is 23.2 Å². The van der Waals surface area contributed by atoms with Crippen molar-refractivity contribution < 1.29 is 23.6 Å². The van der Waals surface area contributed by atoms with Crippen molar-refractivity contribution in [1.82, 2.24) is 5.43 Å². The Morgan fingerprint density at radius 2 is 1.97 bits per heavy atom. The zero-order chi connectivity index (χ0) is 22.4. The van der Waals surface area contributed by atoms with Crippen molar-refractivity contribution in [2.45, 2.75) is 0 Å². The first kappa shape index (κ1) is 22.1. The third-order valence-corrected chi connectivity index (χ3v) is 4.45. The Kier molecular flexibility index (Phi) is 7.11. The molecule has 0 fully saturated rings. The fourth-order valence-corrected chi connectivity index (χ4v) is 2.92. The van der Waals surface area contributed by atoms with E-state index in [-0.39, 0.29) is 16.5 Å². The number of methoxy groups -OCH3 is 1. The molecule has 1 amide bonds. The van der Waals surface area contributed by atoms with Crippen molar-refractivity contribution >= 4 is 41.0 Å². The highest BCUT2D eigenvalue weighted by Crippen LogP contribution is 2.31. The molecule has 0 saturated heterocycles. The maximum atomic E-state index is 11.9. The predicted octanol–water partition coefficient (Wildman–Crippen LogP) is 4.70. The Morgan fingerprint density at radius 3 is 2.68 bits per heavy atom. The van der Waals surface area contributed by atoms with Gasteiger partial charge in [0.1, 0.15) is 17.3 Å². The fraction of sp³-hybridized carbons (Fsp3) is 0.100. The molecule has 9 nitrogen and oxygen atoms in total. The number of hydrogen-bond acceptors (Lipinski definition) is 7. The molecule has 31 heavy (non-hydrogen) atoms. The van der Waals surface area contributed by atoms with Crippen LogP contribution in [-0.4, -0.2) is 30.8 Å². The van der Waals surface area contributed by atoms with Crippen molar-refractivity contribution in [2.75, 3.05) is 13.7 Å². The zero-order valence-corrected chi connectivity index (χ0v) is 17.5. The van der Waals surface area contributed by atoms with Crippen LogP contribution < -0.4 is 14.9 Å². The number of hydrogen-bond donors (Lipinski definition) is 1. The number of carbonyl (C=O) groups excluding carboxylic acids is 1. The molecule has 0 spiro atoms. The molecule has 2 aromatic carbocycles. The normalized spacial score (nSPS) is 10.8. The number of hydrazone groups is 1. The van der Waals surface area contributed by atoms with E-state index in [1.807, 2.05) is 0 Å². The molecule has 1 aromatic heterocycles. The Bertz CT molecular complexity index is 1150. The minimum absolute atomic E-state index is 0.0811. The van der Waals surface area contributed by atoms with Gasteiger partial charge in [-0.05, 0) is 42.5 Å². The summed E-state index contributed by atoms with van der Waals surface area (Å²) in [7, 11) is 1.53. The Balaban J connectivity index is 1.56. The molecular weight excluding hydrogens is 449 g/mol. The van der Waals surface area contributed by atoms with E-state index in [4.69, 9.17) is 37.1 Å². The first-order valence-electron chi connectivity index (χ1n) is 8.70. The Hall–Kier alpha value is -3.56. The SMILES string of the molecule is COc1ccc(-c2ccc(C=NNC(=O)COc3ccc(Cl)cc3[N+](=O)[O-])o2)cc1Cl. The summed E-state index contributed by atoms with van der Waals surface area (Å²) in [6.07, 6.45) is 1.30. The number of halogens is 2. The van der Waals surface area contributed by atoms with Gasteiger partial charge in [-0.25, -0.2) is 5.43 Å². The third kappa shape index (κ3) is 5.74. The minimum Gasteiger partial charge on any atom is -0.495 e. The molecule has 0 radical (unpaired) electrons. The molecule has 11 heteroatoms. The lowest BCUT2D eigenvalue weighted by Crippen LogP contribution is -2.24. The smallest absolute Gasteiger partial charge is 0.312 e. The van der Waals surface area contributed by atoms with E-state index in [1.54, 1.807) is 30.3 Å². The van der Waals surface area contributed by atoms with E-state index in [2.05, 4.69) is 10.5 Å². The number of nitrogens with zero attached hydrogens (tertiary/aromatic N) is 2. The number of furan rings is 1. The van der Waals surface area contributed by atoms with Crippen molar-refractivity contribution in [2.24, 2.45) is 5.10 Å². The second kappa shape index (κ2) is 9.96. The van der Waals surface area contributed by atoms with Gasteiger partial charge in [0, 0.05) is 16.7 Å². The quantitative estimate of drug-likeness (QED) is 0.294. The average Bonchev–Trinajstić information content (AvgIpc) is 3.21. The summed E-state index contributed by atoms with van der Waals surface area (Å²) in [5.74, 6) is 0.788. The van der Waals surface area contributed by atoms with Crippen LogP contribution in [0.25, 0.3) is 11.3 Å². The molecule has 0 unspecified atom stereocenters. The number of nitro groups is 1. The summed E-state index contributed by atoms with van der Waals surface area (Å²) in [5.41, 5.74) is 2.65. The summed E-state index contributed by atoms with van der Waals surface area (Å²) in [4.78, 5) is 22.2. The lowest BCUT2D eigenvalue weighted by atomic mass is 10.2. The van der Waals surface area contributed by atoms with Crippen molar-refractivity contribution in [3.63, 3.8) is 0 Å². The molecule has 0 bridgehead atoms. The zero-order valence-electron chi connectivity index (χ0n) is 16.0. The highest BCUT2D eigenvalue weighted by atomic mass is 35.5. The second-order valence-corrected chi connectivity index (χ2v) is 6.85. The molecule has 0 aliphatic heterocycles. The Morgan fingerprint density at radius 1 is 1.19 bits per heavy atom. The minimum atomic E-state index is -0.651. The molecular formula is C20H15Cl2N3O6. The van der Waals surface area contributed by atoms with E-state index in [0.717, 1.165) is 11.6 Å². The maximum Gasteiger partial charge on any atom is 0.312 e. The molecule has 3 aromatic rings. The molecule has 0 aliphatic carbocycles. The van der Waals surface area contributed by atoms with Gasteiger partial charge >= 0.3 is 5.69 Å². The van der Waals surface area contributed by atoms with Crippen LogP contribution in [0.15, 0.2) is 58.0 Å². The summed E-state index contributed by atoms with van der Waals surface area (Å²) >= 11 is 11.9. The molecule has 3 rings (SSSR count). The van der Waals surface area contributed by atoms with Gasteiger partial charge in [-0.3, -0.25) is 14.9 Å². The second-order valence-electron chi connectivity index (χ2n) is 6.00. The van der Waals surface area contributed by atoms with E-state index in [0.29, 0.717) is 22.3 Å². The summed E-state index contributed by atoms with van der Waals surface area (Å²) in [6, 6.07) is 12.5. The molecule has 160 valence electrons. The van der Waals surface area contributed by atoms with Crippen LogP contribution in [0.2, 0.25) is 10.0 Å². The van der Waals surface area contributed by atoms with Crippen LogP contribution in [0.5, 0.6) is 11.5 Å². The first-order valence-corrected chi connectivity index (χ1v) is 9.45. The maximum absolute atomic E-state index is 11.9. The lowest BCUT2D eigenvalue weighted by molar-refractivity contribution is -0.385. The van der Waals surface area contributed by atoms with Crippen LogP contribution in [0.1, 0.15) is 5.76 Å². The van der Waals surface area contributed by atoms with Crippen LogP contribution in [0.3, 0.4) is 0 Å². The number of amides is 1. The number of nitro benzene ring substituents is 1. The largest absolute Gasteiger partial charge is 0.495 e. The van der Waals surface area contributed by atoms with Crippen molar-refractivity contribution in [1.29, 1.82) is 0 Å². The topological polar surface area (TPSA) is 116 Å². The molecule has 1 heterocycles. The fourth-order valence-electron chi connectivity index (χ4n) is 2.50. The predicted molar refractivity (Wildman–Crippen MR) is 115 cm³/mol. The number of benzene rings is 2. The first-order chi connectivity index (χ1) is 14.9. The average molecular weight is 464 g/mol. The van der Waals surface area contributed by atoms with Crippen LogP contribution >= 0.6 is 23.2 Å². The number of carbonyl (C=O) groups is 1. The number of nitrogens with one attached hydrogen (secondary N) is 1. The molecule has 0 saturated carbocycles. The van der Waals surface area contributed by atoms with Gasteiger partial charge in [-0.2, -0.15) is 5.10 Å². The molecule has 0 atom stereocenters. The van der Waals surface area contributed by atoms with Gasteiger partial charge in [0.25, 0.3) is 5.91 Å². The molecule has 0 aliphatic rings. The summed E-state index contributed by atoms with van der Waals surface area (Å²) < 4.78 is 15.9. The number of ether oxygens (including phenoxy) is 2. The van der Waals surface area contributed by atoms with Crippen LogP contribution in [-0.2, 0) is 4.79 Å². The van der Waals surface area contributed by atoms with Gasteiger partial charge in [0.2, 0.25) is 0 Å². The summed E-state index contributed by atoms with van der Waals surface area (Å²) in [6.45, 7) is -0.479. The van der Waals surface area contributed by atoms with E-state index in [9.17, 15) is 14.9 Å². The molecule has 1 N–H and O–H groups in total. The highest BCUT2D eigenvalue weighted by molar-refractivity contribution is 6.32. The standard InChI is InChI=1S/C20H15Cl2N3O6/c1-29-18-5-2-12(8-15(18)22)17-7-4-14(31-17)10-23-24-20(26)11-30-19-6-3-13(21)9-16(19)25(27)28/h2-10H,11H2,1H3,(H,24,26). The van der Waals surface area contributed by atoms with E-state index in [1.165, 1.54) is 25.5 Å². The van der Waals surface area contributed by atoms with Crippen LogP contribution in [0, 0.1) is 10.1 Å². The van der Waals surface area contributed by atoms with E-state index >= 15 is 0 Å².